The number of ether oxygens (including phenoxy) is 1. The molecule has 20 heavy (non-hydrogen) atoms. The van der Waals surface area contributed by atoms with Gasteiger partial charge in [0.25, 0.3) is 0 Å². The highest BCUT2D eigenvalue weighted by atomic mass is 32.2. The fourth-order valence-electron chi connectivity index (χ4n) is 2.55. The van der Waals surface area contributed by atoms with Gasteiger partial charge in [0, 0.05) is 19.7 Å². The van der Waals surface area contributed by atoms with Crippen LogP contribution < -0.4 is 4.74 Å². The van der Waals surface area contributed by atoms with Gasteiger partial charge in [-0.25, -0.2) is 9.48 Å². The predicted octanol–water partition coefficient (Wildman–Crippen LogP) is 3.48. The third-order valence-corrected chi connectivity index (χ3v) is 4.49. The maximum Gasteiger partial charge on any atom is 0.416 e. The number of amides is 1. The van der Waals surface area contributed by atoms with Gasteiger partial charge in [-0.2, -0.15) is 5.10 Å². The summed E-state index contributed by atoms with van der Waals surface area (Å²) in [6, 6.07) is 0.355. The summed E-state index contributed by atoms with van der Waals surface area (Å²) in [5, 5.41) is 5.59. The van der Waals surface area contributed by atoms with Gasteiger partial charge in [0.2, 0.25) is 5.88 Å². The van der Waals surface area contributed by atoms with Crippen molar-refractivity contribution in [2.45, 2.75) is 50.1 Å². The minimum Gasteiger partial charge on any atom is -0.391 e. The first-order chi connectivity index (χ1) is 9.54. The van der Waals surface area contributed by atoms with E-state index in [-0.39, 0.29) is 6.09 Å². The predicted molar refractivity (Wildman–Crippen MR) is 80.6 cm³/mol. The Hall–Kier alpha value is -1.17. The first-order valence-electron chi connectivity index (χ1n) is 7.06. The number of rotatable bonds is 3. The van der Waals surface area contributed by atoms with Crippen molar-refractivity contribution in [1.82, 2.24) is 14.7 Å². The zero-order valence-corrected chi connectivity index (χ0v) is 13.5. The first kappa shape index (κ1) is 15.2. The summed E-state index contributed by atoms with van der Waals surface area (Å²) in [5.41, 5.74) is 0.957. The van der Waals surface area contributed by atoms with Crippen molar-refractivity contribution in [3.8, 4) is 5.88 Å². The number of aromatic nitrogens is 2. The molecule has 0 saturated heterocycles. The maximum absolute atomic E-state index is 11.9. The fourth-order valence-corrected chi connectivity index (χ4v) is 3.11. The van der Waals surface area contributed by atoms with Crippen molar-refractivity contribution >= 4 is 17.9 Å². The molecule has 1 aromatic rings. The van der Waals surface area contributed by atoms with Gasteiger partial charge in [-0.1, -0.05) is 19.3 Å². The van der Waals surface area contributed by atoms with Crippen LogP contribution in [0.1, 0.15) is 43.7 Å². The van der Waals surface area contributed by atoms with Gasteiger partial charge >= 0.3 is 6.09 Å². The molecule has 0 radical (unpaired) electrons. The summed E-state index contributed by atoms with van der Waals surface area (Å²) in [6.07, 6.45) is 7.61. The van der Waals surface area contributed by atoms with Crippen molar-refractivity contribution in [3.05, 3.63) is 5.56 Å². The van der Waals surface area contributed by atoms with Gasteiger partial charge in [0.15, 0.2) is 0 Å². The molecule has 1 aromatic heterocycles. The van der Waals surface area contributed by atoms with Crippen LogP contribution in [0.2, 0.25) is 0 Å². The Balaban J connectivity index is 2.31. The summed E-state index contributed by atoms with van der Waals surface area (Å²) in [7, 11) is 3.38. The zero-order valence-electron chi connectivity index (χ0n) is 12.7. The molecular formula is C14H23N3O2S. The number of thioether (sulfide) groups is 1. The molecule has 1 heterocycles. The third-order valence-electron chi connectivity index (χ3n) is 3.71. The van der Waals surface area contributed by atoms with Crippen molar-refractivity contribution in [2.75, 3.05) is 20.4 Å². The fraction of sp³-hybridized carbons (Fsp3) is 0.714. The summed E-state index contributed by atoms with van der Waals surface area (Å²) in [4.78, 5) is 13.3. The number of nitrogens with zero attached hydrogens (tertiary/aromatic N) is 3. The van der Waals surface area contributed by atoms with Gasteiger partial charge in [-0.05, 0) is 26.0 Å². The van der Waals surface area contributed by atoms with Crippen LogP contribution in [-0.2, 0) is 0 Å². The van der Waals surface area contributed by atoms with E-state index >= 15 is 0 Å². The summed E-state index contributed by atoms with van der Waals surface area (Å²) in [6.45, 7) is 1.97. The Morgan fingerprint density at radius 1 is 1.35 bits per heavy atom. The molecule has 0 aliphatic heterocycles. The zero-order chi connectivity index (χ0) is 14.7. The standard InChI is InChI=1S/C14H23N3O2S/c1-10-12(20-4)15-17(11-8-6-5-7-9-11)13(10)19-14(18)16(2)3/h11H,5-9H2,1-4H3. The first-order valence-corrected chi connectivity index (χ1v) is 8.29. The summed E-state index contributed by atoms with van der Waals surface area (Å²) >= 11 is 1.59. The van der Waals surface area contributed by atoms with Crippen LogP contribution in [0.4, 0.5) is 4.79 Å². The molecule has 5 nitrogen and oxygen atoms in total. The van der Waals surface area contributed by atoms with Gasteiger partial charge < -0.3 is 9.64 Å². The van der Waals surface area contributed by atoms with Crippen LogP contribution >= 0.6 is 11.8 Å². The van der Waals surface area contributed by atoms with Crippen molar-refractivity contribution in [1.29, 1.82) is 0 Å². The smallest absolute Gasteiger partial charge is 0.391 e. The SMILES string of the molecule is CSc1nn(C2CCCCC2)c(OC(=O)N(C)C)c1C. The van der Waals surface area contributed by atoms with Gasteiger partial charge in [-0.15, -0.1) is 11.8 Å². The molecule has 0 spiro atoms. The van der Waals surface area contributed by atoms with Crippen LogP contribution in [-0.4, -0.2) is 41.1 Å². The minimum atomic E-state index is -0.349. The van der Waals surface area contributed by atoms with E-state index in [0.29, 0.717) is 11.9 Å². The molecule has 1 amide bonds. The van der Waals surface area contributed by atoms with Crippen LogP contribution in [0, 0.1) is 6.92 Å². The van der Waals surface area contributed by atoms with Crippen LogP contribution in [0.15, 0.2) is 5.03 Å². The molecule has 2 rings (SSSR count). The average molecular weight is 297 g/mol. The minimum absolute atomic E-state index is 0.349. The van der Waals surface area contributed by atoms with E-state index in [4.69, 9.17) is 4.74 Å². The topological polar surface area (TPSA) is 47.4 Å². The summed E-state index contributed by atoms with van der Waals surface area (Å²) < 4.78 is 7.48. The van der Waals surface area contributed by atoms with E-state index in [0.717, 1.165) is 23.4 Å². The Labute approximate surface area is 124 Å². The Morgan fingerprint density at radius 3 is 2.55 bits per heavy atom. The highest BCUT2D eigenvalue weighted by molar-refractivity contribution is 7.98. The highest BCUT2D eigenvalue weighted by Crippen LogP contribution is 2.36. The van der Waals surface area contributed by atoms with E-state index < -0.39 is 0 Å². The lowest BCUT2D eigenvalue weighted by Crippen LogP contribution is -2.27. The second-order valence-electron chi connectivity index (χ2n) is 5.44. The molecule has 1 fully saturated rings. The lowest BCUT2D eigenvalue weighted by Gasteiger charge is -2.23. The quantitative estimate of drug-likeness (QED) is 0.801. The highest BCUT2D eigenvalue weighted by Gasteiger charge is 2.25. The molecule has 112 valence electrons. The van der Waals surface area contributed by atoms with Crippen LogP contribution in [0.5, 0.6) is 5.88 Å². The van der Waals surface area contributed by atoms with Crippen molar-refractivity contribution < 1.29 is 9.53 Å². The van der Waals surface area contributed by atoms with Gasteiger partial charge in [0.05, 0.1) is 6.04 Å². The molecule has 1 aliphatic rings. The van der Waals surface area contributed by atoms with Crippen LogP contribution in [0.25, 0.3) is 0 Å². The monoisotopic (exact) mass is 297 g/mol. The molecule has 1 aliphatic carbocycles. The second-order valence-corrected chi connectivity index (χ2v) is 6.23. The van der Waals surface area contributed by atoms with Crippen LogP contribution in [0.3, 0.4) is 0 Å². The number of hydrogen-bond acceptors (Lipinski definition) is 4. The van der Waals surface area contributed by atoms with Crippen molar-refractivity contribution in [2.24, 2.45) is 0 Å². The molecule has 0 aromatic carbocycles. The largest absolute Gasteiger partial charge is 0.416 e. The van der Waals surface area contributed by atoms with E-state index in [9.17, 15) is 4.79 Å². The van der Waals surface area contributed by atoms with E-state index in [1.807, 2.05) is 17.9 Å². The molecule has 0 bridgehead atoms. The van der Waals surface area contributed by atoms with E-state index in [1.54, 1.807) is 25.9 Å². The maximum atomic E-state index is 11.9. The molecule has 0 N–H and O–H groups in total. The number of carbonyl (C=O) groups is 1. The Morgan fingerprint density at radius 2 is 2.00 bits per heavy atom. The Kier molecular flexibility index (Phi) is 4.96. The van der Waals surface area contributed by atoms with E-state index in [2.05, 4.69) is 5.10 Å². The lowest BCUT2D eigenvalue weighted by atomic mass is 9.96. The third kappa shape index (κ3) is 3.11. The molecule has 1 saturated carbocycles. The van der Waals surface area contributed by atoms with Crippen molar-refractivity contribution in [3.63, 3.8) is 0 Å². The number of hydrogen-bond donors (Lipinski definition) is 0. The molecule has 0 unspecified atom stereocenters. The average Bonchev–Trinajstić information content (AvgIpc) is 2.76. The van der Waals surface area contributed by atoms with Gasteiger partial charge in [0.1, 0.15) is 5.03 Å². The molecule has 0 atom stereocenters. The van der Waals surface area contributed by atoms with Gasteiger partial charge in [-0.3, -0.25) is 0 Å². The molecule has 6 heteroatoms. The van der Waals surface area contributed by atoms with E-state index in [1.165, 1.54) is 24.2 Å². The second kappa shape index (κ2) is 6.52. The number of carbonyl (C=O) groups excluding carboxylic acids is 1. The Bertz CT molecular complexity index is 479. The summed E-state index contributed by atoms with van der Waals surface area (Å²) in [5.74, 6) is 0.611. The molecular weight excluding hydrogens is 274 g/mol. The normalized spacial score (nSPS) is 16.2. The lowest BCUT2D eigenvalue weighted by molar-refractivity contribution is 0.163.